The molecule has 4 N–H and O–H groups in total. The molecule has 2 aromatic heterocycles. The Labute approximate surface area is 507 Å². The Bertz CT molecular complexity index is 3560. The van der Waals surface area contributed by atoms with Gasteiger partial charge in [0.15, 0.2) is 17.1 Å². The van der Waals surface area contributed by atoms with Crippen LogP contribution in [0.3, 0.4) is 0 Å². The number of nitrogens with zero attached hydrogens (tertiary/aromatic N) is 9. The number of phenolic OH excluding ortho intramolecular Hbond substituents is 2. The van der Waals surface area contributed by atoms with Gasteiger partial charge in [0.1, 0.15) is 29.4 Å². The molecule has 0 amide bonds. The molecule has 3 heterocycles. The van der Waals surface area contributed by atoms with Gasteiger partial charge in [-0.1, -0.05) is 178 Å². The molecule has 1 aliphatic heterocycles. The monoisotopic (exact) mass is 1170 g/mol. The molecular formula is C70H84CoN9O4+. The van der Waals surface area contributed by atoms with Crippen molar-refractivity contribution in [1.29, 1.82) is 0 Å². The predicted octanol–water partition coefficient (Wildman–Crippen LogP) is 17.5. The van der Waals surface area contributed by atoms with Crippen molar-refractivity contribution in [2.45, 2.75) is 143 Å². The zero-order valence-corrected chi connectivity index (χ0v) is 52.4. The molecule has 0 saturated heterocycles. The standard InChI is InChI=1S/C26H32N.2C22H26N4O2.Co/c1-7-18-19-13-9-10-14-20(19)25(3,4)22(18)17-24-26(5,6)21-15-11-12-16-23(21)27(24)8-2;2*1-5-22(2,3)16-11-12-19(27)17(14-16)23-24-20-18(25-26(4)21(20)28)13-15-9-7-6-8-10-15;/h9-18H,7-8H2,1-6H3;2*6-12,14,27-28H,5,13H2,1-4H3;/q+1;;;/b22-17+;;;. The molecule has 0 bridgehead atoms. The summed E-state index contributed by atoms with van der Waals surface area (Å²) in [4.78, 5) is 0. The van der Waals surface area contributed by atoms with E-state index in [1.165, 1.54) is 37.5 Å². The number of phenols is 2. The maximum atomic E-state index is 10.3. The summed E-state index contributed by atoms with van der Waals surface area (Å²) >= 11 is 0. The van der Waals surface area contributed by atoms with E-state index in [4.69, 9.17) is 0 Å². The number of aromatic hydroxyl groups is 4. The molecule has 0 spiro atoms. The first-order chi connectivity index (χ1) is 39.5. The molecule has 0 fully saturated rings. The summed E-state index contributed by atoms with van der Waals surface area (Å²) < 4.78 is 5.28. The third-order valence-corrected chi connectivity index (χ3v) is 17.3. The quantitative estimate of drug-likeness (QED) is 0.0588. The van der Waals surface area contributed by atoms with Crippen molar-refractivity contribution < 1.29 is 41.8 Å². The van der Waals surface area contributed by atoms with Crippen LogP contribution in [0.15, 0.2) is 178 Å². The van der Waals surface area contributed by atoms with E-state index in [0.29, 0.717) is 52.9 Å². The largest absolute Gasteiger partial charge is 0.506 e. The molecule has 13 nitrogen and oxygen atoms in total. The first-order valence-electron chi connectivity index (χ1n) is 29.1. The topological polar surface area (TPSA) is 169 Å². The minimum Gasteiger partial charge on any atom is -0.506 e. The van der Waals surface area contributed by atoms with Gasteiger partial charge in [-0.3, -0.25) is 0 Å². The van der Waals surface area contributed by atoms with Gasteiger partial charge < -0.3 is 20.4 Å². The molecule has 10 rings (SSSR count). The minimum absolute atomic E-state index is 0. The number of rotatable bonds is 15. The van der Waals surface area contributed by atoms with Crippen molar-refractivity contribution in [2.24, 2.45) is 34.6 Å². The number of fused-ring (bicyclic) bond motifs is 2. The van der Waals surface area contributed by atoms with Gasteiger partial charge in [0.05, 0.1) is 16.8 Å². The van der Waals surface area contributed by atoms with Crippen LogP contribution >= 0.6 is 0 Å². The van der Waals surface area contributed by atoms with Crippen molar-refractivity contribution in [2.75, 3.05) is 6.54 Å². The summed E-state index contributed by atoms with van der Waals surface area (Å²) in [6.07, 6.45) is 6.67. The van der Waals surface area contributed by atoms with Gasteiger partial charge in [-0.15, -0.1) is 20.5 Å². The fourth-order valence-corrected chi connectivity index (χ4v) is 11.2. The Balaban J connectivity index is 0.000000180. The number of aryl methyl sites for hydroxylation is 2. The van der Waals surface area contributed by atoms with Gasteiger partial charge in [-0.05, 0) is 114 Å². The number of allylic oxidation sites excluding steroid dienone is 2. The summed E-state index contributed by atoms with van der Waals surface area (Å²) in [5, 5.41) is 66.7. The van der Waals surface area contributed by atoms with Gasteiger partial charge in [0.2, 0.25) is 17.4 Å². The van der Waals surface area contributed by atoms with E-state index >= 15 is 0 Å². The number of para-hydroxylation sites is 1. The number of azo groups is 2. The molecule has 1 atom stereocenters. The van der Waals surface area contributed by atoms with E-state index in [0.717, 1.165) is 48.1 Å². The molecule has 14 heteroatoms. The molecule has 8 aromatic rings. The molecule has 441 valence electrons. The van der Waals surface area contributed by atoms with Gasteiger partial charge in [-0.25, -0.2) is 9.36 Å². The smallest absolute Gasteiger partial charge is 0.238 e. The van der Waals surface area contributed by atoms with Crippen molar-refractivity contribution in [1.82, 2.24) is 19.6 Å². The van der Waals surface area contributed by atoms with Crippen LogP contribution in [-0.2, 0) is 65.4 Å². The van der Waals surface area contributed by atoms with Crippen LogP contribution in [0.4, 0.5) is 28.4 Å². The van der Waals surface area contributed by atoms with Gasteiger partial charge in [0.25, 0.3) is 0 Å². The van der Waals surface area contributed by atoms with Crippen molar-refractivity contribution >= 4 is 34.1 Å². The predicted molar refractivity (Wildman–Crippen MR) is 335 cm³/mol. The maximum Gasteiger partial charge on any atom is 0.238 e. The molecule has 1 unspecified atom stereocenters. The molecule has 1 aliphatic carbocycles. The minimum atomic E-state index is -0.0563. The van der Waals surface area contributed by atoms with E-state index in [2.05, 4.69) is 173 Å². The van der Waals surface area contributed by atoms with E-state index in [9.17, 15) is 20.4 Å². The van der Waals surface area contributed by atoms with Crippen LogP contribution < -0.4 is 0 Å². The van der Waals surface area contributed by atoms with Crippen LogP contribution in [0.25, 0.3) is 0 Å². The van der Waals surface area contributed by atoms with Crippen molar-refractivity contribution in [3.05, 3.63) is 208 Å². The second kappa shape index (κ2) is 26.3. The Morgan fingerprint density at radius 3 is 1.42 bits per heavy atom. The Kier molecular flexibility index (Phi) is 19.9. The van der Waals surface area contributed by atoms with Crippen LogP contribution in [0.2, 0.25) is 0 Å². The third-order valence-electron chi connectivity index (χ3n) is 17.3. The molecule has 2 aliphatic rings. The van der Waals surface area contributed by atoms with Gasteiger partial charge in [-0.2, -0.15) is 14.8 Å². The third kappa shape index (κ3) is 13.4. The second-order valence-corrected chi connectivity index (χ2v) is 24.1. The van der Waals surface area contributed by atoms with Gasteiger partial charge in [0, 0.05) is 72.8 Å². The summed E-state index contributed by atoms with van der Waals surface area (Å²) in [5.74, 6) is 0.500. The van der Waals surface area contributed by atoms with Gasteiger partial charge >= 0.3 is 0 Å². The molecule has 84 heavy (non-hydrogen) atoms. The second-order valence-electron chi connectivity index (χ2n) is 24.1. The Morgan fingerprint density at radius 2 is 0.976 bits per heavy atom. The molecular weight excluding hydrogens is 1090 g/mol. The Morgan fingerprint density at radius 1 is 0.548 bits per heavy atom. The summed E-state index contributed by atoms with van der Waals surface area (Å²) in [6.45, 7) is 28.0. The van der Waals surface area contributed by atoms with Crippen LogP contribution in [0.5, 0.6) is 23.3 Å². The number of hydrogen-bond acceptors (Lipinski definition) is 10. The molecule has 0 saturated carbocycles. The number of hydrogen-bond donors (Lipinski definition) is 4. The normalized spacial score (nSPS) is 15.6. The average Bonchev–Trinajstić information content (AvgIpc) is 1.82. The first kappa shape index (κ1) is 63.6. The van der Waals surface area contributed by atoms with E-state index < -0.39 is 0 Å². The molecule has 6 aromatic carbocycles. The average molecular weight is 1170 g/mol. The Hall–Kier alpha value is -7.94. The summed E-state index contributed by atoms with van der Waals surface area (Å²) in [7, 11) is 3.31. The van der Waals surface area contributed by atoms with Crippen molar-refractivity contribution in [3.63, 3.8) is 0 Å². The summed E-state index contributed by atoms with van der Waals surface area (Å²) in [6, 6.07) is 48.4. The first-order valence-corrected chi connectivity index (χ1v) is 29.1. The zero-order chi connectivity index (χ0) is 60.0. The van der Waals surface area contributed by atoms with E-state index in [-0.39, 0.29) is 61.7 Å². The SMILES string of the molecule is CCC(C)(C)c1ccc(O)c(N=Nc2c(Cc3ccccc3)nn(C)c2O)c1.CCC(C)(C)c1ccc(O)c(N=Nc2c(Cc3ccccc3)nn(C)c2O)c1.CCC1/C(=C\C2=[N+](CC)c3ccccc3C2(C)C)C(C)(C)c2ccccc21.[Co]. The van der Waals surface area contributed by atoms with Crippen LogP contribution in [-0.4, -0.2) is 56.8 Å². The van der Waals surface area contributed by atoms with E-state index in [1.807, 2.05) is 84.9 Å². The zero-order valence-electron chi connectivity index (χ0n) is 51.4. The maximum absolute atomic E-state index is 10.3. The number of aromatic nitrogens is 4. The fraction of sp³-hybridized carbons (Fsp3) is 0.357. The fourth-order valence-electron chi connectivity index (χ4n) is 11.2. The molecule has 1 radical (unpaired) electrons. The summed E-state index contributed by atoms with van der Waals surface area (Å²) in [5.41, 5.74) is 15.8. The van der Waals surface area contributed by atoms with Crippen LogP contribution in [0.1, 0.15) is 159 Å². The van der Waals surface area contributed by atoms with E-state index in [1.54, 1.807) is 31.8 Å². The van der Waals surface area contributed by atoms with Crippen molar-refractivity contribution in [3.8, 4) is 23.3 Å². The van der Waals surface area contributed by atoms with Crippen LogP contribution in [0, 0.1) is 0 Å². The number of benzene rings is 6.